The van der Waals surface area contributed by atoms with E-state index >= 15 is 0 Å². The second kappa shape index (κ2) is 12.2. The van der Waals surface area contributed by atoms with E-state index in [-0.39, 0.29) is 45.8 Å². The number of Topliss-reactive ketones (excluding diaryl/α,β-unsaturated/α-hetero) is 1. The molecule has 0 saturated heterocycles. The van der Waals surface area contributed by atoms with Crippen LogP contribution in [0, 0.1) is 11.7 Å². The number of ketones is 1. The van der Waals surface area contributed by atoms with Crippen molar-refractivity contribution in [1.29, 1.82) is 0 Å². The molecule has 1 aromatic heterocycles. The lowest BCUT2D eigenvalue weighted by molar-refractivity contribution is -0.671. The van der Waals surface area contributed by atoms with E-state index in [0.29, 0.717) is 17.0 Å². The Labute approximate surface area is 248 Å². The second-order valence-corrected chi connectivity index (χ2v) is 10.8. The van der Waals surface area contributed by atoms with Crippen molar-refractivity contribution in [3.8, 4) is 11.5 Å². The van der Waals surface area contributed by atoms with Crippen LogP contribution in [0.1, 0.15) is 40.4 Å². The largest absolute Gasteiger partial charge is 0.489 e. The van der Waals surface area contributed by atoms with E-state index in [9.17, 15) is 27.6 Å². The predicted octanol–water partition coefficient (Wildman–Crippen LogP) is 5.40. The summed E-state index contributed by atoms with van der Waals surface area (Å²) in [5.74, 6) is -3.72. The quantitative estimate of drug-likeness (QED) is 0.161. The molecule has 1 saturated carbocycles. The van der Waals surface area contributed by atoms with Crippen molar-refractivity contribution in [1.82, 2.24) is 0 Å². The molecule has 1 fully saturated rings. The van der Waals surface area contributed by atoms with Crippen molar-refractivity contribution in [2.45, 2.75) is 32.0 Å². The van der Waals surface area contributed by atoms with Crippen LogP contribution in [0.5, 0.6) is 11.5 Å². The number of carbonyl (C=O) groups excluding carboxylic acids is 3. The highest BCUT2D eigenvalue weighted by Gasteiger charge is 2.39. The van der Waals surface area contributed by atoms with Crippen molar-refractivity contribution in [2.75, 3.05) is 18.1 Å². The Balaban J connectivity index is 1.46. The Bertz CT molecular complexity index is 1540. The summed E-state index contributed by atoms with van der Waals surface area (Å²) in [6.45, 7) is -3.58. The standard InChI is InChI=1S/C29H24Cl2F3N2O6/c1-35-11-19(30)18(20(31)12-35)10-23(16-7-8-22(42-29(33)34)24(9-16)40-14-15-5-6-15)41-25(37)13-36-26-17(27(38)28(36)39)3-2-4-21(26)32/h2-4,7-9,11-12,15,23,29H,5-6,10,13-14H2,1H3/q+1/t23-/m0/s1. The van der Waals surface area contributed by atoms with Gasteiger partial charge in [0.25, 0.3) is 11.7 Å². The van der Waals surface area contributed by atoms with Gasteiger partial charge in [-0.15, -0.1) is 0 Å². The van der Waals surface area contributed by atoms with Gasteiger partial charge in [-0.25, -0.2) is 8.96 Å². The van der Waals surface area contributed by atoms with Gasteiger partial charge >= 0.3 is 12.6 Å². The number of esters is 1. The fourth-order valence-electron chi connectivity index (χ4n) is 4.58. The van der Waals surface area contributed by atoms with Crippen molar-refractivity contribution in [2.24, 2.45) is 13.0 Å². The molecular weight excluding hydrogens is 600 g/mol. The zero-order valence-electron chi connectivity index (χ0n) is 22.1. The maximum Gasteiger partial charge on any atom is 0.387 e. The van der Waals surface area contributed by atoms with E-state index < -0.39 is 42.7 Å². The molecule has 13 heteroatoms. The molecule has 0 radical (unpaired) electrons. The number of nitrogens with zero attached hydrogens (tertiary/aromatic N) is 2. The molecule has 8 nitrogen and oxygen atoms in total. The molecule has 1 atom stereocenters. The Morgan fingerprint density at radius 3 is 2.48 bits per heavy atom. The Morgan fingerprint density at radius 2 is 1.81 bits per heavy atom. The van der Waals surface area contributed by atoms with Crippen LogP contribution in [0.15, 0.2) is 48.8 Å². The predicted molar refractivity (Wildman–Crippen MR) is 145 cm³/mol. The summed E-state index contributed by atoms with van der Waals surface area (Å²) < 4.78 is 58.5. The normalized spacial score (nSPS) is 15.2. The van der Waals surface area contributed by atoms with Gasteiger partial charge < -0.3 is 14.2 Å². The van der Waals surface area contributed by atoms with Crippen molar-refractivity contribution in [3.05, 3.63) is 81.3 Å². The van der Waals surface area contributed by atoms with Gasteiger partial charge in [0.15, 0.2) is 23.9 Å². The minimum absolute atomic E-state index is 0.0220. The third-order valence-corrected chi connectivity index (χ3v) is 7.48. The van der Waals surface area contributed by atoms with E-state index in [2.05, 4.69) is 4.74 Å². The molecule has 2 aromatic carbocycles. The highest BCUT2D eigenvalue weighted by atomic mass is 35.5. The molecule has 1 aliphatic heterocycles. The molecule has 0 bridgehead atoms. The van der Waals surface area contributed by atoms with Crippen LogP contribution >= 0.6 is 23.2 Å². The number of fused-ring (bicyclic) bond motifs is 1. The van der Waals surface area contributed by atoms with Gasteiger partial charge in [-0.1, -0.05) is 35.3 Å². The van der Waals surface area contributed by atoms with Crippen molar-refractivity contribution < 1.29 is 46.3 Å². The number of alkyl halides is 2. The van der Waals surface area contributed by atoms with Gasteiger partial charge in [0.05, 0.1) is 17.9 Å². The number of pyridine rings is 1. The number of benzene rings is 2. The van der Waals surface area contributed by atoms with Gasteiger partial charge in [-0.2, -0.15) is 8.78 Å². The first-order valence-electron chi connectivity index (χ1n) is 12.9. The van der Waals surface area contributed by atoms with Gasteiger partial charge in [0.1, 0.15) is 35.6 Å². The number of carbonyl (C=O) groups is 3. The highest BCUT2D eigenvalue weighted by molar-refractivity contribution is 6.52. The number of para-hydroxylation sites is 1. The van der Waals surface area contributed by atoms with Crippen LogP contribution in [0.3, 0.4) is 0 Å². The first-order valence-corrected chi connectivity index (χ1v) is 13.7. The van der Waals surface area contributed by atoms with E-state index in [0.717, 1.165) is 23.8 Å². The summed E-state index contributed by atoms with van der Waals surface area (Å²) in [4.78, 5) is 38.9. The minimum Gasteiger partial charge on any atom is -0.489 e. The number of hydrogen-bond acceptors (Lipinski definition) is 6. The number of ether oxygens (including phenoxy) is 3. The topological polar surface area (TPSA) is 86.0 Å². The van der Waals surface area contributed by atoms with Gasteiger partial charge in [-0.3, -0.25) is 19.3 Å². The Morgan fingerprint density at radius 1 is 1.10 bits per heavy atom. The molecule has 3 aromatic rings. The fraction of sp³-hybridized carbons (Fsp3) is 0.310. The molecule has 0 spiro atoms. The molecule has 1 amide bonds. The van der Waals surface area contributed by atoms with Crippen molar-refractivity contribution >= 4 is 46.5 Å². The average Bonchev–Trinajstić information content (AvgIpc) is 3.72. The number of aromatic nitrogens is 1. The zero-order chi connectivity index (χ0) is 30.1. The molecule has 2 aliphatic rings. The van der Waals surface area contributed by atoms with E-state index in [1.54, 1.807) is 24.0 Å². The SMILES string of the molecule is C[n+]1cc(Cl)c(C[C@H](OC(=O)CN2C(=O)C(=O)c3cccc(F)c32)c2ccc(OC(F)F)c(OCC3CC3)c2)c(Cl)c1. The zero-order valence-corrected chi connectivity index (χ0v) is 23.6. The number of aryl methyl sites for hydroxylation is 1. The van der Waals surface area contributed by atoms with Crippen LogP contribution in [0.2, 0.25) is 10.0 Å². The summed E-state index contributed by atoms with van der Waals surface area (Å²) in [7, 11) is 1.72. The highest BCUT2D eigenvalue weighted by Crippen LogP contribution is 2.38. The summed E-state index contributed by atoms with van der Waals surface area (Å²) in [5.41, 5.74) is 0.275. The summed E-state index contributed by atoms with van der Waals surface area (Å²) in [6.07, 6.45) is 3.93. The van der Waals surface area contributed by atoms with Crippen LogP contribution in [-0.2, 0) is 27.8 Å². The molecule has 1 aliphatic carbocycles. The van der Waals surface area contributed by atoms with Crippen LogP contribution in [-0.4, -0.2) is 37.4 Å². The summed E-state index contributed by atoms with van der Waals surface area (Å²) >= 11 is 12.9. The molecule has 42 heavy (non-hydrogen) atoms. The van der Waals surface area contributed by atoms with Gasteiger partial charge in [0.2, 0.25) is 0 Å². The average molecular weight is 624 g/mol. The molecule has 2 heterocycles. The lowest BCUT2D eigenvalue weighted by Crippen LogP contribution is -2.36. The molecule has 5 rings (SSSR count). The van der Waals surface area contributed by atoms with Crippen LogP contribution < -0.4 is 18.9 Å². The number of rotatable bonds is 11. The lowest BCUT2D eigenvalue weighted by Gasteiger charge is -2.23. The number of anilines is 1. The Hall–Kier alpha value is -3.83. The van der Waals surface area contributed by atoms with Crippen LogP contribution in [0.4, 0.5) is 18.9 Å². The smallest absolute Gasteiger partial charge is 0.387 e. The maximum absolute atomic E-state index is 14.6. The van der Waals surface area contributed by atoms with Gasteiger partial charge in [0, 0.05) is 12.0 Å². The second-order valence-electron chi connectivity index (χ2n) is 9.98. The maximum atomic E-state index is 14.6. The number of amides is 1. The summed E-state index contributed by atoms with van der Waals surface area (Å²) in [6, 6.07) is 7.75. The van der Waals surface area contributed by atoms with Crippen molar-refractivity contribution in [3.63, 3.8) is 0 Å². The third-order valence-electron chi connectivity index (χ3n) is 6.83. The number of halogens is 5. The van der Waals surface area contributed by atoms with E-state index in [1.165, 1.54) is 30.3 Å². The third kappa shape index (κ3) is 6.47. The van der Waals surface area contributed by atoms with Gasteiger partial charge in [-0.05, 0) is 48.6 Å². The number of hydrogen-bond donors (Lipinski definition) is 0. The molecule has 220 valence electrons. The molecule has 0 N–H and O–H groups in total. The Kier molecular flexibility index (Phi) is 8.60. The van der Waals surface area contributed by atoms with Crippen LogP contribution in [0.25, 0.3) is 0 Å². The lowest BCUT2D eigenvalue weighted by atomic mass is 10.0. The minimum atomic E-state index is -3.10. The molecular formula is C29H24Cl2F3N2O6+. The first-order chi connectivity index (χ1) is 20.0. The molecule has 0 unspecified atom stereocenters. The monoisotopic (exact) mass is 623 g/mol. The van der Waals surface area contributed by atoms with E-state index in [4.69, 9.17) is 32.7 Å². The summed E-state index contributed by atoms with van der Waals surface area (Å²) in [5, 5.41) is 0.537. The first kappa shape index (κ1) is 29.7. The van der Waals surface area contributed by atoms with E-state index in [1.807, 2.05) is 0 Å². The fourth-order valence-corrected chi connectivity index (χ4v) is 5.30.